The van der Waals surface area contributed by atoms with Gasteiger partial charge in [-0.25, -0.2) is 0 Å². The highest BCUT2D eigenvalue weighted by molar-refractivity contribution is 5.98. The number of nitrogens with zero attached hydrogens (tertiary/aromatic N) is 1. The first-order valence-electron chi connectivity index (χ1n) is 8.58. The van der Waals surface area contributed by atoms with Crippen LogP contribution in [0.1, 0.15) is 25.1 Å². The normalized spacial score (nSPS) is 11.0. The molecule has 0 amide bonds. The minimum atomic E-state index is -0.0555. The molecule has 0 fully saturated rings. The first kappa shape index (κ1) is 20.0. The number of rotatable bonds is 4. The van der Waals surface area contributed by atoms with E-state index in [9.17, 15) is 9.90 Å². The number of aromatic nitrogens is 1. The molecule has 0 saturated heterocycles. The van der Waals surface area contributed by atoms with E-state index in [1.807, 2.05) is 31.2 Å². The van der Waals surface area contributed by atoms with Crippen molar-refractivity contribution in [2.24, 2.45) is 11.7 Å². The molecule has 0 aliphatic heterocycles. The molecule has 3 rings (SSSR count). The maximum Gasteiger partial charge on any atom is 0.258 e. The number of pyridine rings is 1. The number of phenolic OH excluding ortho intramolecular Hbond substituents is 1. The van der Waals surface area contributed by atoms with E-state index in [0.29, 0.717) is 17.8 Å². The zero-order chi connectivity index (χ0) is 18.1. The molecule has 4 nitrogen and oxygen atoms in total. The van der Waals surface area contributed by atoms with Gasteiger partial charge in [0.25, 0.3) is 5.56 Å². The van der Waals surface area contributed by atoms with Crippen LogP contribution in [0.2, 0.25) is 0 Å². The highest BCUT2D eigenvalue weighted by atomic mass is 35.5. The third-order valence-corrected chi connectivity index (χ3v) is 4.44. The molecule has 0 bridgehead atoms. The largest absolute Gasteiger partial charge is 0.508 e. The molecule has 0 spiro atoms. The fourth-order valence-corrected chi connectivity index (χ4v) is 3.30. The summed E-state index contributed by atoms with van der Waals surface area (Å²) in [4.78, 5) is 13.0. The van der Waals surface area contributed by atoms with Gasteiger partial charge >= 0.3 is 0 Å². The topological polar surface area (TPSA) is 68.2 Å². The second kappa shape index (κ2) is 7.94. The lowest BCUT2D eigenvalue weighted by Gasteiger charge is -2.20. The molecule has 2 aromatic carbocycles. The minimum Gasteiger partial charge on any atom is -0.508 e. The Bertz CT molecular complexity index is 976. The van der Waals surface area contributed by atoms with Crippen molar-refractivity contribution >= 4 is 23.2 Å². The molecule has 0 unspecified atom stereocenters. The third kappa shape index (κ3) is 3.62. The molecule has 0 aliphatic rings. The van der Waals surface area contributed by atoms with Crippen LogP contribution in [-0.4, -0.2) is 9.67 Å². The summed E-state index contributed by atoms with van der Waals surface area (Å²) in [6.07, 6.45) is 0. The lowest BCUT2D eigenvalue weighted by Crippen LogP contribution is -2.28. The number of aromatic hydroxyl groups is 1. The van der Waals surface area contributed by atoms with Crippen LogP contribution in [-0.2, 0) is 13.1 Å². The predicted molar refractivity (Wildman–Crippen MR) is 110 cm³/mol. The SMILES string of the molecule is Cc1ccc(-c2c(CN)n(CC(C)C)c(=O)c3ccc(O)cc23)cc1.Cl. The molecule has 3 aromatic rings. The molecule has 138 valence electrons. The molecule has 0 saturated carbocycles. The summed E-state index contributed by atoms with van der Waals surface area (Å²) in [5.74, 6) is 0.466. The van der Waals surface area contributed by atoms with Gasteiger partial charge in [0.05, 0.1) is 0 Å². The Morgan fingerprint density at radius 1 is 1.08 bits per heavy atom. The Balaban J connectivity index is 0.00000243. The van der Waals surface area contributed by atoms with Crippen molar-refractivity contribution < 1.29 is 5.11 Å². The number of halogens is 1. The highest BCUT2D eigenvalue weighted by Crippen LogP contribution is 2.33. The lowest BCUT2D eigenvalue weighted by atomic mass is 9.95. The van der Waals surface area contributed by atoms with E-state index in [4.69, 9.17) is 5.73 Å². The Labute approximate surface area is 159 Å². The summed E-state index contributed by atoms with van der Waals surface area (Å²) in [6.45, 7) is 7.08. The van der Waals surface area contributed by atoms with Crippen molar-refractivity contribution in [2.45, 2.75) is 33.9 Å². The van der Waals surface area contributed by atoms with E-state index in [0.717, 1.165) is 22.2 Å². The van der Waals surface area contributed by atoms with Crippen LogP contribution >= 0.6 is 12.4 Å². The molecule has 5 heteroatoms. The second-order valence-corrected chi connectivity index (χ2v) is 6.93. The lowest BCUT2D eigenvalue weighted by molar-refractivity contribution is 0.476. The van der Waals surface area contributed by atoms with E-state index in [1.54, 1.807) is 22.8 Å². The molecule has 0 radical (unpaired) electrons. The smallest absolute Gasteiger partial charge is 0.258 e. The van der Waals surface area contributed by atoms with Gasteiger partial charge in [-0.1, -0.05) is 43.7 Å². The first-order chi connectivity index (χ1) is 11.9. The van der Waals surface area contributed by atoms with Crippen LogP contribution in [0.4, 0.5) is 0 Å². The van der Waals surface area contributed by atoms with Gasteiger partial charge in [0.1, 0.15) is 5.75 Å². The van der Waals surface area contributed by atoms with E-state index < -0.39 is 0 Å². The monoisotopic (exact) mass is 372 g/mol. The molecule has 3 N–H and O–H groups in total. The molecular formula is C21H25ClN2O2. The van der Waals surface area contributed by atoms with Gasteiger partial charge in [0, 0.05) is 35.1 Å². The summed E-state index contributed by atoms with van der Waals surface area (Å²) < 4.78 is 1.79. The number of phenols is 1. The van der Waals surface area contributed by atoms with Gasteiger partial charge in [-0.05, 0) is 36.6 Å². The van der Waals surface area contributed by atoms with Crippen LogP contribution in [0.15, 0.2) is 47.3 Å². The molecular weight excluding hydrogens is 348 g/mol. The maximum absolute atomic E-state index is 13.0. The zero-order valence-corrected chi connectivity index (χ0v) is 16.1. The Morgan fingerprint density at radius 2 is 1.73 bits per heavy atom. The third-order valence-electron chi connectivity index (χ3n) is 4.44. The van der Waals surface area contributed by atoms with E-state index in [1.165, 1.54) is 5.56 Å². The number of hydrogen-bond acceptors (Lipinski definition) is 3. The highest BCUT2D eigenvalue weighted by Gasteiger charge is 2.18. The van der Waals surface area contributed by atoms with Crippen molar-refractivity contribution in [1.82, 2.24) is 4.57 Å². The van der Waals surface area contributed by atoms with E-state index >= 15 is 0 Å². The Morgan fingerprint density at radius 3 is 2.31 bits per heavy atom. The van der Waals surface area contributed by atoms with Crippen molar-refractivity contribution in [3.63, 3.8) is 0 Å². The number of hydrogen-bond donors (Lipinski definition) is 2. The molecule has 0 atom stereocenters. The van der Waals surface area contributed by atoms with Gasteiger partial charge < -0.3 is 15.4 Å². The Hall–Kier alpha value is -2.30. The van der Waals surface area contributed by atoms with E-state index in [2.05, 4.69) is 13.8 Å². The van der Waals surface area contributed by atoms with Gasteiger partial charge in [-0.2, -0.15) is 0 Å². The summed E-state index contributed by atoms with van der Waals surface area (Å²) >= 11 is 0. The van der Waals surface area contributed by atoms with Crippen molar-refractivity contribution in [2.75, 3.05) is 0 Å². The summed E-state index contributed by atoms with van der Waals surface area (Å²) in [6, 6.07) is 13.1. The fourth-order valence-electron chi connectivity index (χ4n) is 3.30. The second-order valence-electron chi connectivity index (χ2n) is 6.93. The summed E-state index contributed by atoms with van der Waals surface area (Å²) in [5.41, 5.74) is 9.91. The molecule has 1 aromatic heterocycles. The van der Waals surface area contributed by atoms with Crippen LogP contribution in [0, 0.1) is 12.8 Å². The maximum atomic E-state index is 13.0. The van der Waals surface area contributed by atoms with Crippen LogP contribution in [0.25, 0.3) is 21.9 Å². The average Bonchev–Trinajstić information content (AvgIpc) is 2.57. The number of fused-ring (bicyclic) bond motifs is 1. The number of benzene rings is 2. The van der Waals surface area contributed by atoms with Gasteiger partial charge in [0.15, 0.2) is 0 Å². The van der Waals surface area contributed by atoms with E-state index in [-0.39, 0.29) is 30.3 Å². The van der Waals surface area contributed by atoms with Gasteiger partial charge in [-0.15, -0.1) is 12.4 Å². The molecule has 26 heavy (non-hydrogen) atoms. The number of nitrogens with two attached hydrogens (primary N) is 1. The Kier molecular flexibility index (Phi) is 6.11. The minimum absolute atomic E-state index is 0. The van der Waals surface area contributed by atoms with Crippen molar-refractivity contribution in [3.8, 4) is 16.9 Å². The zero-order valence-electron chi connectivity index (χ0n) is 15.3. The standard InChI is InChI=1S/C21H24N2O2.ClH/c1-13(2)12-23-19(11-22)20(15-6-4-14(3)5-7-15)18-10-16(24)8-9-17(18)21(23)25;/h4-10,13,24H,11-12,22H2,1-3H3;1H. The first-order valence-corrected chi connectivity index (χ1v) is 8.58. The molecule has 1 heterocycles. The van der Waals surface area contributed by atoms with Crippen LogP contribution < -0.4 is 11.3 Å². The fraction of sp³-hybridized carbons (Fsp3) is 0.286. The number of aryl methyl sites for hydroxylation is 1. The summed E-state index contributed by atoms with van der Waals surface area (Å²) in [7, 11) is 0. The van der Waals surface area contributed by atoms with Crippen LogP contribution in [0.3, 0.4) is 0 Å². The van der Waals surface area contributed by atoms with Crippen LogP contribution in [0.5, 0.6) is 5.75 Å². The molecule has 0 aliphatic carbocycles. The van der Waals surface area contributed by atoms with Gasteiger partial charge in [0.2, 0.25) is 0 Å². The van der Waals surface area contributed by atoms with Crippen molar-refractivity contribution in [3.05, 3.63) is 64.1 Å². The quantitative estimate of drug-likeness (QED) is 0.720. The van der Waals surface area contributed by atoms with Gasteiger partial charge in [-0.3, -0.25) is 4.79 Å². The summed E-state index contributed by atoms with van der Waals surface area (Å²) in [5, 5.41) is 11.3. The van der Waals surface area contributed by atoms with Crippen molar-refractivity contribution in [1.29, 1.82) is 0 Å². The predicted octanol–water partition coefficient (Wildman–Crippen LogP) is 4.22. The average molecular weight is 373 g/mol.